The molecule has 0 aromatic heterocycles. The molecule has 1 N–H and O–H groups in total. The van der Waals surface area contributed by atoms with E-state index in [0.29, 0.717) is 12.5 Å². The lowest BCUT2D eigenvalue weighted by molar-refractivity contribution is 0.0950. The molecule has 0 spiro atoms. The van der Waals surface area contributed by atoms with Crippen LogP contribution in [0.25, 0.3) is 0 Å². The summed E-state index contributed by atoms with van der Waals surface area (Å²) in [5, 5.41) is 2.72. The minimum absolute atomic E-state index is 0.00171. The second kappa shape index (κ2) is 5.61. The van der Waals surface area contributed by atoms with Gasteiger partial charge in [0, 0.05) is 17.2 Å². The van der Waals surface area contributed by atoms with Crippen LogP contribution in [0, 0.1) is 11.3 Å². The van der Waals surface area contributed by atoms with E-state index in [9.17, 15) is 13.2 Å². The van der Waals surface area contributed by atoms with Gasteiger partial charge in [0.2, 0.25) is 0 Å². The van der Waals surface area contributed by atoms with E-state index in [1.54, 1.807) is 0 Å². The van der Waals surface area contributed by atoms with Crippen molar-refractivity contribution in [3.63, 3.8) is 0 Å². The van der Waals surface area contributed by atoms with Gasteiger partial charge in [0.1, 0.15) is 0 Å². The highest BCUT2D eigenvalue weighted by molar-refractivity contribution is 8.13. The van der Waals surface area contributed by atoms with Crippen molar-refractivity contribution >= 4 is 48.8 Å². The van der Waals surface area contributed by atoms with Crippen LogP contribution in [0.1, 0.15) is 30.6 Å². The number of nitrogens with one attached hydrogen (secondary N) is 1. The zero-order valence-electron chi connectivity index (χ0n) is 11.4. The Balaban J connectivity index is 2.22. The monoisotopic (exact) mass is 369 g/mol. The molecule has 0 aliphatic heterocycles. The number of hydrogen-bond donors (Lipinski definition) is 1. The van der Waals surface area contributed by atoms with Gasteiger partial charge >= 0.3 is 0 Å². The summed E-state index contributed by atoms with van der Waals surface area (Å²) in [5.74, 6) is -0.0533. The molecule has 1 aromatic carbocycles. The molecule has 1 atom stereocenters. The number of benzene rings is 1. The van der Waals surface area contributed by atoms with E-state index in [0.717, 1.165) is 18.6 Å². The topological polar surface area (TPSA) is 63.2 Å². The van der Waals surface area contributed by atoms with Gasteiger partial charge in [0.05, 0.1) is 20.5 Å². The van der Waals surface area contributed by atoms with Crippen molar-refractivity contribution in [2.24, 2.45) is 11.3 Å². The molecule has 21 heavy (non-hydrogen) atoms. The van der Waals surface area contributed by atoms with Gasteiger partial charge in [-0.3, -0.25) is 4.79 Å². The Bertz CT molecular complexity index is 701. The van der Waals surface area contributed by atoms with Crippen molar-refractivity contribution in [1.82, 2.24) is 5.32 Å². The van der Waals surface area contributed by atoms with Crippen LogP contribution in [0.4, 0.5) is 0 Å². The van der Waals surface area contributed by atoms with Crippen molar-refractivity contribution in [2.45, 2.75) is 25.2 Å². The summed E-state index contributed by atoms with van der Waals surface area (Å²) in [4.78, 5) is 11.9. The third kappa shape index (κ3) is 3.83. The highest BCUT2D eigenvalue weighted by Crippen LogP contribution is 2.51. The van der Waals surface area contributed by atoms with Crippen LogP contribution in [-0.4, -0.2) is 20.9 Å². The first-order valence-electron chi connectivity index (χ1n) is 6.24. The normalized spacial score (nSPS) is 20.1. The maximum atomic E-state index is 12.1. The van der Waals surface area contributed by atoms with Crippen LogP contribution in [0.15, 0.2) is 17.0 Å². The predicted molar refractivity (Wildman–Crippen MR) is 83.7 cm³/mol. The molecule has 4 nitrogen and oxygen atoms in total. The van der Waals surface area contributed by atoms with E-state index in [2.05, 4.69) is 19.2 Å². The molecular formula is C13H14Cl3NO3S. The molecule has 1 aliphatic rings. The second-order valence-electron chi connectivity index (χ2n) is 5.80. The summed E-state index contributed by atoms with van der Waals surface area (Å²) in [7, 11) is 1.29. The molecule has 1 amide bonds. The molecule has 116 valence electrons. The predicted octanol–water partition coefficient (Wildman–Crippen LogP) is 3.70. The number of halogens is 3. The smallest absolute Gasteiger partial charge is 0.261 e. The summed E-state index contributed by atoms with van der Waals surface area (Å²) in [6.07, 6.45) is 1.04. The molecule has 1 aromatic rings. The fourth-order valence-electron chi connectivity index (χ4n) is 2.11. The van der Waals surface area contributed by atoms with Crippen molar-refractivity contribution < 1.29 is 13.2 Å². The summed E-state index contributed by atoms with van der Waals surface area (Å²) >= 11 is 11.8. The molecule has 1 aliphatic carbocycles. The molecule has 0 heterocycles. The van der Waals surface area contributed by atoms with Crippen LogP contribution >= 0.6 is 33.9 Å². The zero-order chi connectivity index (χ0) is 16.0. The van der Waals surface area contributed by atoms with Gasteiger partial charge in [-0.2, -0.15) is 0 Å². The minimum atomic E-state index is -3.99. The third-order valence-electron chi connectivity index (χ3n) is 3.75. The maximum absolute atomic E-state index is 12.1. The van der Waals surface area contributed by atoms with E-state index in [-0.39, 0.29) is 25.9 Å². The average Bonchev–Trinajstić information content (AvgIpc) is 2.96. The fourth-order valence-corrected chi connectivity index (χ4v) is 3.37. The van der Waals surface area contributed by atoms with Gasteiger partial charge in [0.15, 0.2) is 0 Å². The van der Waals surface area contributed by atoms with Gasteiger partial charge in [-0.05, 0) is 29.9 Å². The summed E-state index contributed by atoms with van der Waals surface area (Å²) < 4.78 is 22.7. The SMILES string of the molecule is CC1(C)CC1CNC(=O)c1cc(S(=O)(=O)Cl)cc(Cl)c1Cl. The Labute approximate surface area is 138 Å². The lowest BCUT2D eigenvalue weighted by atomic mass is 10.1. The molecule has 0 bridgehead atoms. The van der Waals surface area contributed by atoms with Crippen LogP contribution in [-0.2, 0) is 9.05 Å². The standard InChI is InChI=1S/C13H14Cl3NO3S/c1-13(2)5-7(13)6-17-12(18)9-3-8(21(16,19)20)4-10(14)11(9)15/h3-4,7H,5-6H2,1-2H3,(H,17,18). The molecule has 1 fully saturated rings. The molecule has 1 saturated carbocycles. The van der Waals surface area contributed by atoms with Crippen LogP contribution in [0.5, 0.6) is 0 Å². The summed E-state index contributed by atoms with van der Waals surface area (Å²) in [6, 6.07) is 2.25. The third-order valence-corrected chi connectivity index (χ3v) is 5.89. The highest BCUT2D eigenvalue weighted by Gasteiger charge is 2.45. The highest BCUT2D eigenvalue weighted by atomic mass is 35.7. The van der Waals surface area contributed by atoms with Crippen LogP contribution in [0.2, 0.25) is 10.0 Å². The quantitative estimate of drug-likeness (QED) is 0.822. The van der Waals surface area contributed by atoms with Crippen molar-refractivity contribution in [2.75, 3.05) is 6.54 Å². The van der Waals surface area contributed by atoms with Gasteiger partial charge < -0.3 is 5.32 Å². The number of carbonyl (C=O) groups excluding carboxylic acids is 1. The Morgan fingerprint density at radius 3 is 2.43 bits per heavy atom. The maximum Gasteiger partial charge on any atom is 0.261 e. The van der Waals surface area contributed by atoms with E-state index in [1.807, 2.05) is 0 Å². The lowest BCUT2D eigenvalue weighted by Crippen LogP contribution is -2.27. The summed E-state index contributed by atoms with van der Waals surface area (Å²) in [6.45, 7) is 4.75. The van der Waals surface area contributed by atoms with Crippen LogP contribution < -0.4 is 5.32 Å². The van der Waals surface area contributed by atoms with Gasteiger partial charge in [-0.25, -0.2) is 8.42 Å². The molecule has 1 unspecified atom stereocenters. The second-order valence-corrected chi connectivity index (χ2v) is 9.16. The summed E-state index contributed by atoms with van der Waals surface area (Å²) in [5.41, 5.74) is 0.234. The molecule has 2 rings (SSSR count). The first-order chi connectivity index (χ1) is 9.52. The van der Waals surface area contributed by atoms with E-state index < -0.39 is 15.0 Å². The fraction of sp³-hybridized carbons (Fsp3) is 0.462. The zero-order valence-corrected chi connectivity index (χ0v) is 14.5. The van der Waals surface area contributed by atoms with E-state index in [4.69, 9.17) is 33.9 Å². The van der Waals surface area contributed by atoms with Gasteiger partial charge in [0.25, 0.3) is 15.0 Å². The number of carbonyl (C=O) groups is 1. The average molecular weight is 371 g/mol. The van der Waals surface area contributed by atoms with Crippen molar-refractivity contribution in [3.05, 3.63) is 27.7 Å². The number of amides is 1. The van der Waals surface area contributed by atoms with E-state index >= 15 is 0 Å². The lowest BCUT2D eigenvalue weighted by Gasteiger charge is -2.10. The largest absolute Gasteiger partial charge is 0.352 e. The van der Waals surface area contributed by atoms with Crippen LogP contribution in [0.3, 0.4) is 0 Å². The van der Waals surface area contributed by atoms with E-state index in [1.165, 1.54) is 0 Å². The first kappa shape index (κ1) is 16.9. The minimum Gasteiger partial charge on any atom is -0.352 e. The number of rotatable bonds is 4. The van der Waals surface area contributed by atoms with Crippen molar-refractivity contribution in [3.8, 4) is 0 Å². The Morgan fingerprint density at radius 1 is 1.38 bits per heavy atom. The Morgan fingerprint density at radius 2 is 1.95 bits per heavy atom. The Kier molecular flexibility index (Phi) is 4.51. The Hall–Kier alpha value is -0.490. The van der Waals surface area contributed by atoms with Gasteiger partial charge in [-0.1, -0.05) is 37.0 Å². The molecule has 8 heteroatoms. The molecule has 0 saturated heterocycles. The van der Waals surface area contributed by atoms with Gasteiger partial charge in [-0.15, -0.1) is 0 Å². The molecular weight excluding hydrogens is 357 g/mol. The van der Waals surface area contributed by atoms with Crippen molar-refractivity contribution in [1.29, 1.82) is 0 Å². The number of hydrogen-bond acceptors (Lipinski definition) is 3. The first-order valence-corrected chi connectivity index (χ1v) is 9.31. The molecule has 0 radical (unpaired) electrons.